The van der Waals surface area contributed by atoms with Crippen LogP contribution in [0.25, 0.3) is 0 Å². The number of rotatable bonds is 1. The predicted molar refractivity (Wildman–Crippen MR) is 52.3 cm³/mol. The second kappa shape index (κ2) is 3.56. The van der Waals surface area contributed by atoms with Crippen LogP contribution in [0.3, 0.4) is 0 Å². The van der Waals surface area contributed by atoms with Crippen molar-refractivity contribution in [3.8, 4) is 0 Å². The molecular formula is C10H20N2O. The highest BCUT2D eigenvalue weighted by Crippen LogP contribution is 2.32. The van der Waals surface area contributed by atoms with Gasteiger partial charge in [-0.1, -0.05) is 0 Å². The first-order valence-corrected chi connectivity index (χ1v) is 5.32. The average molecular weight is 184 g/mol. The number of hydrogen-bond donors (Lipinski definition) is 1. The van der Waals surface area contributed by atoms with E-state index < -0.39 is 0 Å². The summed E-state index contributed by atoms with van der Waals surface area (Å²) in [6.45, 7) is 4.46. The number of piperidine rings is 1. The first-order chi connectivity index (χ1) is 6.20. The van der Waals surface area contributed by atoms with Gasteiger partial charge in [-0.2, -0.15) is 0 Å². The van der Waals surface area contributed by atoms with Gasteiger partial charge in [-0.25, -0.2) is 5.01 Å². The van der Waals surface area contributed by atoms with E-state index in [0.717, 1.165) is 0 Å². The Morgan fingerprint density at radius 1 is 1.23 bits per heavy atom. The van der Waals surface area contributed by atoms with E-state index in [1.54, 1.807) is 0 Å². The molecule has 0 radical (unpaired) electrons. The molecular weight excluding hydrogens is 164 g/mol. The van der Waals surface area contributed by atoms with E-state index >= 15 is 0 Å². The Labute approximate surface area is 80.4 Å². The highest BCUT2D eigenvalue weighted by atomic mass is 16.5. The lowest BCUT2D eigenvalue weighted by Gasteiger charge is -2.48. The van der Waals surface area contributed by atoms with Gasteiger partial charge in [0.1, 0.15) is 0 Å². The maximum absolute atomic E-state index is 5.87. The topological polar surface area (TPSA) is 24.5 Å². The molecule has 2 aliphatic heterocycles. The van der Waals surface area contributed by atoms with Gasteiger partial charge in [0.2, 0.25) is 0 Å². The van der Waals surface area contributed by atoms with Gasteiger partial charge in [-0.05, 0) is 40.2 Å². The molecule has 1 N–H and O–H groups in total. The molecule has 3 heteroatoms. The van der Waals surface area contributed by atoms with E-state index in [-0.39, 0.29) is 0 Å². The van der Waals surface area contributed by atoms with Gasteiger partial charge in [0.05, 0.1) is 12.2 Å². The lowest BCUT2D eigenvalue weighted by atomic mass is 9.89. The minimum Gasteiger partial charge on any atom is -0.375 e. The largest absolute Gasteiger partial charge is 0.375 e. The van der Waals surface area contributed by atoms with Crippen LogP contribution in [0.2, 0.25) is 0 Å². The fraction of sp³-hybridized carbons (Fsp3) is 1.00. The van der Waals surface area contributed by atoms with Gasteiger partial charge < -0.3 is 4.74 Å². The molecule has 2 heterocycles. The molecule has 3 nitrogen and oxygen atoms in total. The highest BCUT2D eigenvalue weighted by molar-refractivity contribution is 4.89. The van der Waals surface area contributed by atoms with Gasteiger partial charge >= 0.3 is 0 Å². The first kappa shape index (κ1) is 9.44. The SMILES string of the molecule is CNN1C(C)CC2CC1CC(C)O2. The summed E-state index contributed by atoms with van der Waals surface area (Å²) >= 11 is 0. The van der Waals surface area contributed by atoms with Gasteiger partial charge in [0, 0.05) is 12.1 Å². The molecule has 2 fully saturated rings. The first-order valence-electron chi connectivity index (χ1n) is 5.32. The summed E-state index contributed by atoms with van der Waals surface area (Å²) in [6.07, 6.45) is 4.49. The lowest BCUT2D eigenvalue weighted by Crippen LogP contribution is -2.58. The Kier molecular flexibility index (Phi) is 2.58. The van der Waals surface area contributed by atoms with Crippen LogP contribution in [0.15, 0.2) is 0 Å². The molecule has 0 aliphatic carbocycles. The molecule has 2 bridgehead atoms. The Morgan fingerprint density at radius 2 is 2.00 bits per heavy atom. The molecule has 13 heavy (non-hydrogen) atoms. The van der Waals surface area contributed by atoms with E-state index in [2.05, 4.69) is 24.3 Å². The summed E-state index contributed by atoms with van der Waals surface area (Å²) in [5, 5.41) is 2.40. The predicted octanol–water partition coefficient (Wildman–Crippen LogP) is 1.15. The van der Waals surface area contributed by atoms with Crippen molar-refractivity contribution in [2.24, 2.45) is 0 Å². The third-order valence-electron chi connectivity index (χ3n) is 3.29. The average Bonchev–Trinajstić information content (AvgIpc) is 2.02. The molecule has 0 amide bonds. The number of nitrogens with one attached hydrogen (secondary N) is 1. The van der Waals surface area contributed by atoms with Crippen molar-refractivity contribution in [1.29, 1.82) is 0 Å². The number of nitrogens with zero attached hydrogens (tertiary/aromatic N) is 1. The smallest absolute Gasteiger partial charge is 0.0609 e. The van der Waals surface area contributed by atoms with E-state index in [4.69, 9.17) is 4.74 Å². The second-order valence-corrected chi connectivity index (χ2v) is 4.41. The van der Waals surface area contributed by atoms with Crippen molar-refractivity contribution in [3.05, 3.63) is 0 Å². The highest BCUT2D eigenvalue weighted by Gasteiger charge is 2.38. The van der Waals surface area contributed by atoms with Crippen LogP contribution >= 0.6 is 0 Å². The van der Waals surface area contributed by atoms with Crippen molar-refractivity contribution >= 4 is 0 Å². The standard InChI is InChI=1S/C10H20N2O/c1-7-4-10-6-9(12(7)11-3)5-8(2)13-10/h7-11H,4-6H2,1-3H3. The van der Waals surface area contributed by atoms with Crippen LogP contribution in [-0.2, 0) is 4.74 Å². The van der Waals surface area contributed by atoms with E-state index in [1.165, 1.54) is 19.3 Å². The quantitative estimate of drug-likeness (QED) is 0.661. The molecule has 4 unspecified atom stereocenters. The number of hydrazine groups is 1. The molecule has 2 aliphatic rings. The van der Waals surface area contributed by atoms with Crippen molar-refractivity contribution in [2.45, 2.75) is 57.4 Å². The van der Waals surface area contributed by atoms with Crippen LogP contribution in [0.1, 0.15) is 33.1 Å². The van der Waals surface area contributed by atoms with E-state index in [1.807, 2.05) is 7.05 Å². The molecule has 76 valence electrons. The molecule has 2 rings (SSSR count). The maximum atomic E-state index is 5.87. The molecule has 4 atom stereocenters. The van der Waals surface area contributed by atoms with Crippen LogP contribution in [-0.4, -0.2) is 36.3 Å². The maximum Gasteiger partial charge on any atom is 0.0609 e. The zero-order chi connectivity index (χ0) is 9.42. The number of hydrogen-bond acceptors (Lipinski definition) is 3. The monoisotopic (exact) mass is 184 g/mol. The Hall–Kier alpha value is -0.120. The normalized spacial score (nSPS) is 46.4. The van der Waals surface area contributed by atoms with Crippen molar-refractivity contribution in [2.75, 3.05) is 7.05 Å². The number of ether oxygens (including phenoxy) is 1. The third kappa shape index (κ3) is 1.73. The van der Waals surface area contributed by atoms with Crippen LogP contribution in [0.4, 0.5) is 0 Å². The Morgan fingerprint density at radius 3 is 2.69 bits per heavy atom. The van der Waals surface area contributed by atoms with Crippen LogP contribution in [0.5, 0.6) is 0 Å². The molecule has 0 spiro atoms. The fourth-order valence-corrected chi connectivity index (χ4v) is 2.86. The summed E-state index contributed by atoms with van der Waals surface area (Å²) in [6, 6.07) is 1.30. The lowest BCUT2D eigenvalue weighted by molar-refractivity contribution is -0.132. The van der Waals surface area contributed by atoms with Gasteiger partial charge in [-0.15, -0.1) is 0 Å². The van der Waals surface area contributed by atoms with Gasteiger partial charge in [-0.3, -0.25) is 5.43 Å². The number of fused-ring (bicyclic) bond motifs is 2. The minimum atomic E-state index is 0.437. The van der Waals surface area contributed by atoms with Gasteiger partial charge in [0.25, 0.3) is 0 Å². The summed E-state index contributed by atoms with van der Waals surface area (Å²) in [5.41, 5.74) is 3.31. The molecule has 0 saturated carbocycles. The molecule has 0 aromatic heterocycles. The fourth-order valence-electron chi connectivity index (χ4n) is 2.86. The summed E-state index contributed by atoms with van der Waals surface area (Å²) < 4.78 is 5.87. The second-order valence-electron chi connectivity index (χ2n) is 4.41. The molecule has 0 aromatic rings. The van der Waals surface area contributed by atoms with Crippen molar-refractivity contribution in [3.63, 3.8) is 0 Å². The Bertz CT molecular complexity index is 182. The van der Waals surface area contributed by atoms with Gasteiger partial charge in [0.15, 0.2) is 0 Å². The third-order valence-corrected chi connectivity index (χ3v) is 3.29. The van der Waals surface area contributed by atoms with Crippen molar-refractivity contribution < 1.29 is 4.74 Å². The molecule has 2 saturated heterocycles. The minimum absolute atomic E-state index is 0.437. The zero-order valence-corrected chi connectivity index (χ0v) is 8.79. The molecule has 0 aromatic carbocycles. The summed E-state index contributed by atoms with van der Waals surface area (Å²) in [5.74, 6) is 0. The van der Waals surface area contributed by atoms with E-state index in [9.17, 15) is 0 Å². The van der Waals surface area contributed by atoms with Crippen LogP contribution in [0, 0.1) is 0 Å². The Balaban J connectivity index is 2.07. The summed E-state index contributed by atoms with van der Waals surface area (Å²) in [4.78, 5) is 0. The zero-order valence-electron chi connectivity index (χ0n) is 8.79. The van der Waals surface area contributed by atoms with Crippen molar-refractivity contribution in [1.82, 2.24) is 10.4 Å². The van der Waals surface area contributed by atoms with Crippen LogP contribution < -0.4 is 5.43 Å². The summed E-state index contributed by atoms with van der Waals surface area (Å²) in [7, 11) is 2.02. The van der Waals surface area contributed by atoms with E-state index in [0.29, 0.717) is 24.3 Å².